The van der Waals surface area contributed by atoms with Crippen molar-refractivity contribution in [1.29, 1.82) is 0 Å². The number of carbonyl (C=O) groups excluding carboxylic acids is 2. The van der Waals surface area contributed by atoms with Crippen LogP contribution in [-0.4, -0.2) is 23.9 Å². The molecule has 2 aromatic carbocycles. The summed E-state index contributed by atoms with van der Waals surface area (Å²) in [5.41, 5.74) is 1.84. The van der Waals surface area contributed by atoms with Gasteiger partial charge in [-0.3, -0.25) is 9.59 Å². The third-order valence-corrected chi connectivity index (χ3v) is 4.36. The lowest BCUT2D eigenvalue weighted by molar-refractivity contribution is -0.133. The molecule has 1 unspecified atom stereocenters. The van der Waals surface area contributed by atoms with Gasteiger partial charge >= 0.3 is 5.97 Å². The third kappa shape index (κ3) is 3.24. The van der Waals surface area contributed by atoms with E-state index in [0.29, 0.717) is 28.4 Å². The van der Waals surface area contributed by atoms with Gasteiger partial charge in [0, 0.05) is 6.07 Å². The number of hydrogen-bond donors (Lipinski definition) is 0. The fourth-order valence-corrected chi connectivity index (χ4v) is 2.93. The second-order valence-electron chi connectivity index (χ2n) is 6.20. The van der Waals surface area contributed by atoms with Crippen molar-refractivity contribution in [2.75, 3.05) is 6.79 Å². The summed E-state index contributed by atoms with van der Waals surface area (Å²) in [6.45, 7) is 3.46. The highest BCUT2D eigenvalue weighted by molar-refractivity contribution is 6.29. The van der Waals surface area contributed by atoms with Crippen LogP contribution in [0.4, 0.5) is 0 Å². The van der Waals surface area contributed by atoms with Crippen molar-refractivity contribution in [3.8, 4) is 23.0 Å². The van der Waals surface area contributed by atoms with Crippen LogP contribution >= 0.6 is 11.6 Å². The van der Waals surface area contributed by atoms with Crippen molar-refractivity contribution < 1.29 is 28.5 Å². The number of alkyl halides is 1. The van der Waals surface area contributed by atoms with Crippen molar-refractivity contribution in [3.05, 3.63) is 52.8 Å². The van der Waals surface area contributed by atoms with Crippen LogP contribution in [0.15, 0.2) is 36.1 Å². The lowest BCUT2D eigenvalue weighted by Crippen LogP contribution is -2.17. The molecule has 0 radical (unpaired) electrons. The summed E-state index contributed by atoms with van der Waals surface area (Å²) in [6, 6.07) is 8.48. The van der Waals surface area contributed by atoms with Crippen LogP contribution in [0, 0.1) is 6.92 Å². The van der Waals surface area contributed by atoms with Crippen LogP contribution in [0.2, 0.25) is 0 Å². The standard InChI is InChI=1S/C20H15ClO6/c1-10-5-13(26-20(23)11(2)21)8-16-18(10)19(22)17(27-16)7-12-3-4-14-15(6-12)25-9-24-14/h3-8,11H,9H2,1-2H3/b17-7-. The van der Waals surface area contributed by atoms with Crippen LogP contribution in [-0.2, 0) is 4.79 Å². The minimum Gasteiger partial charge on any atom is -0.454 e. The first-order valence-electron chi connectivity index (χ1n) is 8.26. The molecule has 1 atom stereocenters. The first-order chi connectivity index (χ1) is 12.9. The summed E-state index contributed by atoms with van der Waals surface area (Å²) in [4.78, 5) is 24.4. The molecule has 0 saturated carbocycles. The van der Waals surface area contributed by atoms with Crippen molar-refractivity contribution in [3.63, 3.8) is 0 Å². The van der Waals surface area contributed by atoms with Gasteiger partial charge in [-0.05, 0) is 49.2 Å². The predicted octanol–water partition coefficient (Wildman–Crippen LogP) is 3.87. The lowest BCUT2D eigenvalue weighted by atomic mass is 10.0. The number of Topliss-reactive ketones (excluding diaryl/α,β-unsaturated/α-hetero) is 1. The lowest BCUT2D eigenvalue weighted by Gasteiger charge is -2.08. The Hall–Kier alpha value is -2.99. The highest BCUT2D eigenvalue weighted by atomic mass is 35.5. The topological polar surface area (TPSA) is 71.1 Å². The quantitative estimate of drug-likeness (QED) is 0.345. The molecule has 0 aliphatic carbocycles. The Balaban J connectivity index is 1.63. The largest absolute Gasteiger partial charge is 0.454 e. The molecule has 138 valence electrons. The smallest absolute Gasteiger partial charge is 0.329 e. The number of allylic oxidation sites excluding steroid dienone is 1. The molecule has 0 saturated heterocycles. The summed E-state index contributed by atoms with van der Waals surface area (Å²) >= 11 is 5.72. The minimum atomic E-state index is -0.775. The number of rotatable bonds is 3. The Morgan fingerprint density at radius 2 is 1.96 bits per heavy atom. The second-order valence-corrected chi connectivity index (χ2v) is 6.86. The molecule has 0 aromatic heterocycles. The van der Waals surface area contributed by atoms with Gasteiger partial charge in [-0.1, -0.05) is 6.07 Å². The summed E-state index contributed by atoms with van der Waals surface area (Å²) in [6.07, 6.45) is 1.64. The van der Waals surface area contributed by atoms with E-state index in [1.807, 2.05) is 6.07 Å². The molecule has 0 N–H and O–H groups in total. The Morgan fingerprint density at radius 3 is 2.74 bits per heavy atom. The van der Waals surface area contributed by atoms with Crippen LogP contribution in [0.5, 0.6) is 23.0 Å². The van der Waals surface area contributed by atoms with Gasteiger partial charge in [0.15, 0.2) is 17.3 Å². The maximum Gasteiger partial charge on any atom is 0.329 e. The van der Waals surface area contributed by atoms with Crippen molar-refractivity contribution in [2.24, 2.45) is 0 Å². The number of fused-ring (bicyclic) bond motifs is 2. The fourth-order valence-electron chi connectivity index (χ4n) is 2.89. The Kier molecular flexibility index (Phi) is 4.28. The highest BCUT2D eigenvalue weighted by Gasteiger charge is 2.30. The van der Waals surface area contributed by atoms with Crippen molar-refractivity contribution in [1.82, 2.24) is 0 Å². The monoisotopic (exact) mass is 386 g/mol. The van der Waals surface area contributed by atoms with E-state index < -0.39 is 11.3 Å². The van der Waals surface area contributed by atoms with Crippen molar-refractivity contribution >= 4 is 29.4 Å². The number of ketones is 1. The normalized spacial score (nSPS) is 16.9. The number of benzene rings is 2. The molecule has 0 amide bonds. The van der Waals surface area contributed by atoms with Crippen LogP contribution in [0.1, 0.15) is 28.4 Å². The molecule has 2 aromatic rings. The zero-order chi connectivity index (χ0) is 19.1. The van der Waals surface area contributed by atoms with E-state index in [1.54, 1.807) is 31.2 Å². The molecule has 4 rings (SSSR count). The molecule has 6 nitrogen and oxygen atoms in total. The maximum atomic E-state index is 12.7. The number of carbonyl (C=O) groups is 2. The van der Waals surface area contributed by atoms with Crippen LogP contribution < -0.4 is 18.9 Å². The first kappa shape index (κ1) is 17.4. The fraction of sp³-hybridized carbons (Fsp3) is 0.200. The van der Waals surface area contributed by atoms with E-state index in [9.17, 15) is 9.59 Å². The molecule has 2 aliphatic rings. The third-order valence-electron chi connectivity index (χ3n) is 4.18. The summed E-state index contributed by atoms with van der Waals surface area (Å²) in [5.74, 6) is 1.28. The Labute approximate surface area is 160 Å². The number of esters is 1. The molecular formula is C20H15ClO6. The molecule has 0 fully saturated rings. The summed E-state index contributed by atoms with van der Waals surface area (Å²) in [7, 11) is 0. The van der Waals surface area contributed by atoms with Gasteiger partial charge in [-0.2, -0.15) is 0 Å². The first-order valence-corrected chi connectivity index (χ1v) is 8.70. The van der Waals surface area contributed by atoms with Gasteiger partial charge in [-0.15, -0.1) is 11.6 Å². The van der Waals surface area contributed by atoms with Crippen LogP contribution in [0.3, 0.4) is 0 Å². The SMILES string of the molecule is Cc1cc(OC(=O)C(C)Cl)cc2c1C(=O)/C(=C/c1ccc3c(c1)OCO3)O2. The van der Waals surface area contributed by atoms with Gasteiger partial charge in [0.2, 0.25) is 12.6 Å². The molecule has 27 heavy (non-hydrogen) atoms. The van der Waals surface area contributed by atoms with Gasteiger partial charge in [0.25, 0.3) is 0 Å². The van der Waals surface area contributed by atoms with E-state index in [1.165, 1.54) is 13.0 Å². The zero-order valence-corrected chi connectivity index (χ0v) is 15.3. The van der Waals surface area contributed by atoms with E-state index in [2.05, 4.69) is 0 Å². The molecular weight excluding hydrogens is 372 g/mol. The molecule has 0 spiro atoms. The number of hydrogen-bond acceptors (Lipinski definition) is 6. The average Bonchev–Trinajstić information content (AvgIpc) is 3.19. The molecule has 0 bridgehead atoms. The number of halogens is 1. The molecule has 2 aliphatic heterocycles. The van der Waals surface area contributed by atoms with Crippen LogP contribution in [0.25, 0.3) is 6.08 Å². The van der Waals surface area contributed by atoms with Gasteiger partial charge in [-0.25, -0.2) is 0 Å². The van der Waals surface area contributed by atoms with E-state index in [-0.39, 0.29) is 24.1 Å². The number of aryl methyl sites for hydroxylation is 1. The Bertz CT molecular complexity index is 992. The maximum absolute atomic E-state index is 12.7. The van der Waals surface area contributed by atoms with E-state index >= 15 is 0 Å². The summed E-state index contributed by atoms with van der Waals surface area (Å²) in [5, 5.41) is -0.775. The zero-order valence-electron chi connectivity index (χ0n) is 14.6. The predicted molar refractivity (Wildman–Crippen MR) is 97.6 cm³/mol. The second kappa shape index (κ2) is 6.63. The number of ether oxygens (including phenoxy) is 4. The molecule has 2 heterocycles. The van der Waals surface area contributed by atoms with E-state index in [0.717, 1.165) is 5.56 Å². The van der Waals surface area contributed by atoms with E-state index in [4.69, 9.17) is 30.5 Å². The van der Waals surface area contributed by atoms with Gasteiger partial charge < -0.3 is 18.9 Å². The van der Waals surface area contributed by atoms with Gasteiger partial charge in [0.1, 0.15) is 16.9 Å². The average molecular weight is 387 g/mol. The minimum absolute atomic E-state index is 0.178. The summed E-state index contributed by atoms with van der Waals surface area (Å²) < 4.78 is 21.6. The van der Waals surface area contributed by atoms with Crippen molar-refractivity contribution in [2.45, 2.75) is 19.2 Å². The Morgan fingerprint density at radius 1 is 1.19 bits per heavy atom. The van der Waals surface area contributed by atoms with Gasteiger partial charge in [0.05, 0.1) is 5.56 Å². The molecule has 7 heteroatoms. The highest BCUT2D eigenvalue weighted by Crippen LogP contribution is 2.38.